The molecule has 2 heterocycles. The van der Waals surface area contributed by atoms with Gasteiger partial charge in [0.1, 0.15) is 0 Å². The topological polar surface area (TPSA) is 74.1 Å². The van der Waals surface area contributed by atoms with Gasteiger partial charge >= 0.3 is 5.97 Å². The summed E-state index contributed by atoms with van der Waals surface area (Å²) < 4.78 is 6.50. The van der Waals surface area contributed by atoms with Gasteiger partial charge in [-0.25, -0.2) is 14.8 Å². The molecule has 0 amide bonds. The Bertz CT molecular complexity index is 840. The molecule has 0 bridgehead atoms. The zero-order valence-corrected chi connectivity index (χ0v) is 12.3. The number of methoxy groups -OCH3 is 1. The van der Waals surface area contributed by atoms with Crippen molar-refractivity contribution in [1.29, 1.82) is 0 Å². The van der Waals surface area contributed by atoms with Crippen molar-refractivity contribution >= 4 is 11.8 Å². The highest BCUT2D eigenvalue weighted by Gasteiger charge is 2.19. The molecule has 3 aromatic rings. The van der Waals surface area contributed by atoms with Crippen LogP contribution in [0.5, 0.6) is 0 Å². The van der Waals surface area contributed by atoms with Crippen molar-refractivity contribution in [3.8, 4) is 5.69 Å². The maximum absolute atomic E-state index is 12.6. The summed E-state index contributed by atoms with van der Waals surface area (Å²) in [5, 5.41) is 0. The lowest BCUT2D eigenvalue weighted by Crippen LogP contribution is -2.13. The Morgan fingerprint density at radius 2 is 1.87 bits per heavy atom. The SMILES string of the molecule is COC(=O)c1ncccc1C(=O)c1ccc(-n2ccnc2)cc1. The highest BCUT2D eigenvalue weighted by Crippen LogP contribution is 2.16. The largest absolute Gasteiger partial charge is 0.464 e. The molecule has 3 rings (SSSR count). The maximum atomic E-state index is 12.6. The predicted molar refractivity (Wildman–Crippen MR) is 82.6 cm³/mol. The van der Waals surface area contributed by atoms with E-state index in [4.69, 9.17) is 0 Å². The second-order valence-corrected chi connectivity index (χ2v) is 4.74. The number of esters is 1. The molecule has 1 aromatic carbocycles. The minimum absolute atomic E-state index is 0.0127. The van der Waals surface area contributed by atoms with E-state index in [1.165, 1.54) is 13.3 Å². The molecule has 0 fully saturated rings. The second kappa shape index (κ2) is 6.23. The first-order valence-electron chi connectivity index (χ1n) is 6.87. The normalized spacial score (nSPS) is 10.3. The number of nitrogens with zero attached hydrogens (tertiary/aromatic N) is 3. The molecule has 0 N–H and O–H groups in total. The summed E-state index contributed by atoms with van der Waals surface area (Å²) in [5.41, 5.74) is 1.58. The van der Waals surface area contributed by atoms with E-state index >= 15 is 0 Å². The van der Waals surface area contributed by atoms with Crippen LogP contribution in [0.3, 0.4) is 0 Å². The van der Waals surface area contributed by atoms with E-state index in [-0.39, 0.29) is 17.0 Å². The van der Waals surface area contributed by atoms with E-state index < -0.39 is 5.97 Å². The number of ketones is 1. The van der Waals surface area contributed by atoms with Crippen molar-refractivity contribution in [2.24, 2.45) is 0 Å². The highest BCUT2D eigenvalue weighted by atomic mass is 16.5. The Labute approximate surface area is 132 Å². The minimum Gasteiger partial charge on any atom is -0.464 e. The third-order valence-corrected chi connectivity index (χ3v) is 3.36. The average molecular weight is 307 g/mol. The average Bonchev–Trinajstić information content (AvgIpc) is 3.15. The molecule has 23 heavy (non-hydrogen) atoms. The molecule has 0 aliphatic carbocycles. The molecule has 0 unspecified atom stereocenters. The molecule has 0 aliphatic heterocycles. The van der Waals surface area contributed by atoms with Crippen molar-refractivity contribution in [2.75, 3.05) is 7.11 Å². The molecule has 6 heteroatoms. The molecule has 0 aliphatic rings. The quantitative estimate of drug-likeness (QED) is 0.546. The van der Waals surface area contributed by atoms with Gasteiger partial charge in [-0.1, -0.05) is 0 Å². The van der Waals surface area contributed by atoms with Gasteiger partial charge in [0.15, 0.2) is 11.5 Å². The van der Waals surface area contributed by atoms with Crippen molar-refractivity contribution in [2.45, 2.75) is 0 Å². The Balaban J connectivity index is 1.94. The number of benzene rings is 1. The summed E-state index contributed by atoms with van der Waals surface area (Å²) in [5.74, 6) is -0.917. The Morgan fingerprint density at radius 1 is 1.09 bits per heavy atom. The van der Waals surface area contributed by atoms with Crippen LogP contribution >= 0.6 is 0 Å². The van der Waals surface area contributed by atoms with Crippen molar-refractivity contribution < 1.29 is 14.3 Å². The number of hydrogen-bond donors (Lipinski definition) is 0. The number of aromatic nitrogens is 3. The van der Waals surface area contributed by atoms with Gasteiger partial charge in [0.2, 0.25) is 0 Å². The van der Waals surface area contributed by atoms with Gasteiger partial charge in [0.05, 0.1) is 19.0 Å². The van der Waals surface area contributed by atoms with E-state index in [1.807, 2.05) is 22.9 Å². The van der Waals surface area contributed by atoms with Crippen LogP contribution in [0.4, 0.5) is 0 Å². The summed E-state index contributed by atoms with van der Waals surface area (Å²) in [6, 6.07) is 10.2. The molecule has 114 valence electrons. The number of carbonyl (C=O) groups is 2. The van der Waals surface area contributed by atoms with Gasteiger partial charge in [-0.3, -0.25) is 4.79 Å². The Morgan fingerprint density at radius 3 is 2.52 bits per heavy atom. The molecule has 0 spiro atoms. The summed E-state index contributed by atoms with van der Waals surface area (Å²) >= 11 is 0. The van der Waals surface area contributed by atoms with Crippen LogP contribution in [-0.4, -0.2) is 33.4 Å². The third kappa shape index (κ3) is 2.87. The number of ether oxygens (including phenoxy) is 1. The van der Waals surface area contributed by atoms with E-state index in [1.54, 1.807) is 36.8 Å². The number of pyridine rings is 1. The summed E-state index contributed by atoms with van der Waals surface area (Å²) in [6.45, 7) is 0. The smallest absolute Gasteiger partial charge is 0.357 e. The van der Waals surface area contributed by atoms with Gasteiger partial charge in [-0.05, 0) is 36.4 Å². The lowest BCUT2D eigenvalue weighted by molar-refractivity contribution is 0.0590. The van der Waals surface area contributed by atoms with Crippen LogP contribution in [0.2, 0.25) is 0 Å². The van der Waals surface area contributed by atoms with Crippen LogP contribution < -0.4 is 0 Å². The molecule has 0 saturated heterocycles. The van der Waals surface area contributed by atoms with E-state index in [2.05, 4.69) is 14.7 Å². The lowest BCUT2D eigenvalue weighted by Gasteiger charge is -2.07. The first-order valence-corrected chi connectivity index (χ1v) is 6.87. The minimum atomic E-state index is -0.635. The fraction of sp³-hybridized carbons (Fsp3) is 0.0588. The predicted octanol–water partition coefficient (Wildman–Crippen LogP) is 2.28. The number of rotatable bonds is 4. The highest BCUT2D eigenvalue weighted by molar-refractivity contribution is 6.13. The number of hydrogen-bond acceptors (Lipinski definition) is 5. The number of carbonyl (C=O) groups excluding carboxylic acids is 2. The van der Waals surface area contributed by atoms with Gasteiger partial charge in [-0.15, -0.1) is 0 Å². The molecule has 6 nitrogen and oxygen atoms in total. The van der Waals surface area contributed by atoms with Crippen molar-refractivity contribution in [3.05, 3.63) is 78.1 Å². The van der Waals surface area contributed by atoms with Crippen LogP contribution in [0, 0.1) is 0 Å². The Kier molecular flexibility index (Phi) is 3.97. The third-order valence-electron chi connectivity index (χ3n) is 3.36. The summed E-state index contributed by atoms with van der Waals surface area (Å²) in [4.78, 5) is 32.3. The fourth-order valence-corrected chi connectivity index (χ4v) is 2.20. The standard InChI is InChI=1S/C17H13N3O3/c1-23-17(22)15-14(3-2-8-19-15)16(21)12-4-6-13(7-5-12)20-10-9-18-11-20/h2-11H,1H3. The van der Waals surface area contributed by atoms with E-state index in [9.17, 15) is 9.59 Å². The van der Waals surface area contributed by atoms with Gasteiger partial charge in [0, 0.05) is 29.8 Å². The second-order valence-electron chi connectivity index (χ2n) is 4.74. The van der Waals surface area contributed by atoms with Gasteiger partial charge in [0.25, 0.3) is 0 Å². The van der Waals surface area contributed by atoms with Crippen molar-refractivity contribution in [3.63, 3.8) is 0 Å². The Hall–Kier alpha value is -3.28. The summed E-state index contributed by atoms with van der Waals surface area (Å²) in [7, 11) is 1.26. The molecular weight excluding hydrogens is 294 g/mol. The molecule has 0 radical (unpaired) electrons. The molecule has 0 saturated carbocycles. The van der Waals surface area contributed by atoms with E-state index in [0.29, 0.717) is 5.56 Å². The lowest BCUT2D eigenvalue weighted by atomic mass is 10.0. The maximum Gasteiger partial charge on any atom is 0.357 e. The van der Waals surface area contributed by atoms with Gasteiger partial charge < -0.3 is 9.30 Å². The zero-order chi connectivity index (χ0) is 16.2. The zero-order valence-electron chi connectivity index (χ0n) is 12.3. The fourth-order valence-electron chi connectivity index (χ4n) is 2.20. The number of imidazole rings is 1. The summed E-state index contributed by atoms with van der Waals surface area (Å²) in [6.07, 6.45) is 6.61. The molecular formula is C17H13N3O3. The van der Waals surface area contributed by atoms with Gasteiger partial charge in [-0.2, -0.15) is 0 Å². The first-order chi connectivity index (χ1) is 11.2. The van der Waals surface area contributed by atoms with Crippen LogP contribution in [-0.2, 0) is 4.74 Å². The first kappa shape index (κ1) is 14.6. The van der Waals surface area contributed by atoms with Crippen LogP contribution in [0.25, 0.3) is 5.69 Å². The molecule has 2 aromatic heterocycles. The van der Waals surface area contributed by atoms with Crippen molar-refractivity contribution in [1.82, 2.24) is 14.5 Å². The molecule has 0 atom stereocenters. The van der Waals surface area contributed by atoms with Crippen LogP contribution in [0.1, 0.15) is 26.4 Å². The van der Waals surface area contributed by atoms with E-state index in [0.717, 1.165) is 5.69 Å². The van der Waals surface area contributed by atoms with Crippen LogP contribution in [0.15, 0.2) is 61.3 Å². The monoisotopic (exact) mass is 307 g/mol.